The van der Waals surface area contributed by atoms with E-state index in [0.717, 1.165) is 12.3 Å². The summed E-state index contributed by atoms with van der Waals surface area (Å²) in [7, 11) is 0. The van der Waals surface area contributed by atoms with Gasteiger partial charge in [0, 0.05) is 12.2 Å². The molecule has 1 aromatic heterocycles. The van der Waals surface area contributed by atoms with Crippen LogP contribution in [-0.4, -0.2) is 16.9 Å². The summed E-state index contributed by atoms with van der Waals surface area (Å²) >= 11 is 0. The average molecular weight is 222 g/mol. The van der Waals surface area contributed by atoms with E-state index >= 15 is 0 Å². The highest BCUT2D eigenvalue weighted by Gasteiger charge is 2.24. The maximum atomic E-state index is 13.2. The number of pyridine rings is 1. The van der Waals surface area contributed by atoms with E-state index in [-0.39, 0.29) is 17.5 Å². The van der Waals surface area contributed by atoms with Crippen molar-refractivity contribution in [1.82, 2.24) is 10.3 Å². The first-order chi connectivity index (χ1) is 7.66. The fourth-order valence-electron chi connectivity index (χ4n) is 1.77. The van der Waals surface area contributed by atoms with Gasteiger partial charge in [0.25, 0.3) is 5.91 Å². The lowest BCUT2D eigenvalue weighted by molar-refractivity contribution is 0.0932. The average Bonchev–Trinajstić information content (AvgIpc) is 3.01. The van der Waals surface area contributed by atoms with Crippen molar-refractivity contribution < 1.29 is 9.18 Å². The number of halogens is 1. The molecule has 0 radical (unpaired) electrons. The number of carbonyl (C=O) groups excluding carboxylic acids is 1. The lowest BCUT2D eigenvalue weighted by atomic mass is 10.1. The van der Waals surface area contributed by atoms with Gasteiger partial charge in [-0.15, -0.1) is 0 Å². The van der Waals surface area contributed by atoms with Gasteiger partial charge in [-0.25, -0.2) is 4.98 Å². The maximum Gasteiger partial charge on any atom is 0.256 e. The molecule has 1 fully saturated rings. The van der Waals surface area contributed by atoms with Crippen molar-refractivity contribution in [1.29, 1.82) is 0 Å². The van der Waals surface area contributed by atoms with Gasteiger partial charge < -0.3 is 5.32 Å². The second-order valence-electron chi connectivity index (χ2n) is 4.40. The topological polar surface area (TPSA) is 42.0 Å². The Morgan fingerprint density at radius 2 is 2.44 bits per heavy atom. The summed E-state index contributed by atoms with van der Waals surface area (Å²) in [5.74, 6) is -0.341. The van der Waals surface area contributed by atoms with Crippen LogP contribution in [-0.2, 0) is 0 Å². The first-order valence-electron chi connectivity index (χ1n) is 5.58. The Labute approximate surface area is 94.1 Å². The Morgan fingerprint density at radius 1 is 1.69 bits per heavy atom. The zero-order valence-corrected chi connectivity index (χ0v) is 9.24. The fourth-order valence-corrected chi connectivity index (χ4v) is 1.77. The molecule has 0 aromatic carbocycles. The second-order valence-corrected chi connectivity index (χ2v) is 4.40. The van der Waals surface area contributed by atoms with E-state index in [1.807, 2.05) is 6.92 Å². The van der Waals surface area contributed by atoms with Gasteiger partial charge in [0.1, 0.15) is 0 Å². The van der Waals surface area contributed by atoms with Gasteiger partial charge >= 0.3 is 0 Å². The minimum atomic E-state index is -0.710. The number of rotatable bonds is 4. The van der Waals surface area contributed by atoms with E-state index in [4.69, 9.17) is 0 Å². The molecular formula is C12H15FN2O. The number of aromatic nitrogens is 1. The molecular weight excluding hydrogens is 207 g/mol. The summed E-state index contributed by atoms with van der Waals surface area (Å²) in [6.45, 7) is 1.95. The smallest absolute Gasteiger partial charge is 0.256 e. The largest absolute Gasteiger partial charge is 0.349 e. The minimum absolute atomic E-state index is 0.0187. The molecule has 0 bridgehead atoms. The van der Waals surface area contributed by atoms with Gasteiger partial charge in [0.2, 0.25) is 5.95 Å². The number of nitrogens with zero attached hydrogens (tertiary/aromatic N) is 1. The molecule has 1 amide bonds. The molecule has 3 nitrogen and oxygen atoms in total. The summed E-state index contributed by atoms with van der Waals surface area (Å²) in [6, 6.07) is 3.10. The summed E-state index contributed by atoms with van der Waals surface area (Å²) < 4.78 is 13.2. The predicted octanol–water partition coefficient (Wildman–Crippen LogP) is 2.14. The molecule has 1 aliphatic carbocycles. The third-order valence-corrected chi connectivity index (χ3v) is 2.77. The van der Waals surface area contributed by atoms with E-state index in [1.54, 1.807) is 6.07 Å². The van der Waals surface area contributed by atoms with Crippen LogP contribution in [0.25, 0.3) is 0 Å². The van der Waals surface area contributed by atoms with Crippen molar-refractivity contribution >= 4 is 5.91 Å². The first-order valence-corrected chi connectivity index (χ1v) is 5.58. The molecule has 1 saturated carbocycles. The zero-order valence-electron chi connectivity index (χ0n) is 9.24. The van der Waals surface area contributed by atoms with Crippen molar-refractivity contribution in [2.75, 3.05) is 0 Å². The molecule has 86 valence electrons. The number of carbonyl (C=O) groups is 1. The van der Waals surface area contributed by atoms with Crippen molar-refractivity contribution in [3.8, 4) is 0 Å². The van der Waals surface area contributed by atoms with Crippen LogP contribution in [0.3, 0.4) is 0 Å². The molecule has 1 aromatic rings. The molecule has 16 heavy (non-hydrogen) atoms. The summed E-state index contributed by atoms with van der Waals surface area (Å²) in [6.07, 6.45) is 4.82. The number of hydrogen-bond donors (Lipinski definition) is 1. The van der Waals surface area contributed by atoms with Crippen molar-refractivity contribution in [3.05, 3.63) is 29.8 Å². The van der Waals surface area contributed by atoms with E-state index in [9.17, 15) is 9.18 Å². The molecule has 0 spiro atoms. The monoisotopic (exact) mass is 222 g/mol. The Kier molecular flexibility index (Phi) is 3.17. The summed E-state index contributed by atoms with van der Waals surface area (Å²) in [5.41, 5.74) is 0.0187. The molecule has 1 aliphatic rings. The van der Waals surface area contributed by atoms with Gasteiger partial charge in [-0.05, 0) is 31.4 Å². The van der Waals surface area contributed by atoms with Crippen LogP contribution in [0.5, 0.6) is 0 Å². The van der Waals surface area contributed by atoms with Gasteiger partial charge in [-0.1, -0.05) is 12.8 Å². The quantitative estimate of drug-likeness (QED) is 0.793. The van der Waals surface area contributed by atoms with Crippen LogP contribution in [0.15, 0.2) is 18.3 Å². The van der Waals surface area contributed by atoms with Gasteiger partial charge in [-0.2, -0.15) is 4.39 Å². The molecule has 0 saturated heterocycles. The highest BCUT2D eigenvalue weighted by Crippen LogP contribution is 2.33. The van der Waals surface area contributed by atoms with Gasteiger partial charge in [-0.3, -0.25) is 4.79 Å². The molecule has 1 N–H and O–H groups in total. The lowest BCUT2D eigenvalue weighted by Gasteiger charge is -2.13. The zero-order chi connectivity index (χ0) is 11.5. The van der Waals surface area contributed by atoms with E-state index in [0.29, 0.717) is 0 Å². The Bertz CT molecular complexity index is 390. The molecule has 1 unspecified atom stereocenters. The molecule has 1 heterocycles. The summed E-state index contributed by atoms with van der Waals surface area (Å²) in [4.78, 5) is 15.1. The van der Waals surface area contributed by atoms with Crippen LogP contribution in [0.4, 0.5) is 4.39 Å². The van der Waals surface area contributed by atoms with Crippen LogP contribution >= 0.6 is 0 Å². The highest BCUT2D eigenvalue weighted by molar-refractivity contribution is 5.94. The van der Waals surface area contributed by atoms with Crippen molar-refractivity contribution in [3.63, 3.8) is 0 Å². The second kappa shape index (κ2) is 4.60. The number of nitrogens with one attached hydrogen (secondary N) is 1. The van der Waals surface area contributed by atoms with E-state index < -0.39 is 5.95 Å². The van der Waals surface area contributed by atoms with Crippen LogP contribution in [0, 0.1) is 11.9 Å². The van der Waals surface area contributed by atoms with E-state index in [2.05, 4.69) is 10.3 Å². The van der Waals surface area contributed by atoms with Crippen molar-refractivity contribution in [2.45, 2.75) is 32.2 Å². The third kappa shape index (κ3) is 2.78. The molecule has 0 aliphatic heterocycles. The fraction of sp³-hybridized carbons (Fsp3) is 0.500. The maximum absolute atomic E-state index is 13.2. The van der Waals surface area contributed by atoms with Crippen molar-refractivity contribution in [2.24, 2.45) is 5.92 Å². The standard InChI is InChI=1S/C12H15FN2O/c1-8(7-9-4-5-9)15-12(16)10-3-2-6-14-11(10)13/h2-3,6,8-9H,4-5,7H2,1H3,(H,15,16). The number of hydrogen-bond acceptors (Lipinski definition) is 2. The van der Waals surface area contributed by atoms with E-state index in [1.165, 1.54) is 25.1 Å². The molecule has 2 rings (SSSR count). The summed E-state index contributed by atoms with van der Waals surface area (Å²) in [5, 5.41) is 2.79. The predicted molar refractivity (Wildman–Crippen MR) is 58.5 cm³/mol. The third-order valence-electron chi connectivity index (χ3n) is 2.77. The Morgan fingerprint density at radius 3 is 3.06 bits per heavy atom. The highest BCUT2D eigenvalue weighted by atomic mass is 19.1. The van der Waals surface area contributed by atoms with Crippen LogP contribution in [0.1, 0.15) is 36.5 Å². The SMILES string of the molecule is CC(CC1CC1)NC(=O)c1cccnc1F. The molecule has 4 heteroatoms. The normalized spacial score (nSPS) is 16.9. The van der Waals surface area contributed by atoms with Gasteiger partial charge in [0.15, 0.2) is 0 Å². The molecule has 1 atom stereocenters. The number of amides is 1. The Hall–Kier alpha value is -1.45. The first kappa shape index (κ1) is 11.0. The van der Waals surface area contributed by atoms with Crippen LogP contribution < -0.4 is 5.32 Å². The Balaban J connectivity index is 1.94. The van der Waals surface area contributed by atoms with Gasteiger partial charge in [0.05, 0.1) is 5.56 Å². The minimum Gasteiger partial charge on any atom is -0.349 e. The lowest BCUT2D eigenvalue weighted by Crippen LogP contribution is -2.33. The van der Waals surface area contributed by atoms with Crippen LogP contribution in [0.2, 0.25) is 0 Å².